The van der Waals surface area contributed by atoms with Gasteiger partial charge in [-0.2, -0.15) is 0 Å². The molecule has 2 rings (SSSR count). The second-order valence-electron chi connectivity index (χ2n) is 8.80. The molecule has 0 spiro atoms. The normalized spacial score (nSPS) is 22.6. The first-order valence-corrected chi connectivity index (χ1v) is 15.6. The van der Waals surface area contributed by atoms with Crippen molar-refractivity contribution >= 4 is 27.9 Å². The molecule has 0 aromatic heterocycles. The molecular formula is C18H30O3Si2. The molecule has 0 saturated carbocycles. The Hall–Kier alpha value is -0.946. The number of hydrogen-bond acceptors (Lipinski definition) is 3. The van der Waals surface area contributed by atoms with E-state index in [0.717, 1.165) is 24.5 Å². The van der Waals surface area contributed by atoms with Gasteiger partial charge < -0.3 is 4.74 Å². The minimum atomic E-state index is -1.73. The minimum absolute atomic E-state index is 0.204. The summed E-state index contributed by atoms with van der Waals surface area (Å²) in [6, 6.07) is 0. The molecule has 0 aromatic carbocycles. The molecule has 0 amide bonds. The molecule has 5 heteroatoms. The van der Waals surface area contributed by atoms with Crippen molar-refractivity contribution in [2.24, 2.45) is 5.92 Å². The second-order valence-corrected chi connectivity index (χ2v) is 18.9. The van der Waals surface area contributed by atoms with Crippen LogP contribution in [0.2, 0.25) is 39.3 Å². The number of carbonyl (C=O) groups excluding carboxylic acids is 2. The summed E-state index contributed by atoms with van der Waals surface area (Å²) in [6.07, 6.45) is 3.45. The first kappa shape index (κ1) is 18.4. The average molecular weight is 351 g/mol. The number of ether oxygens (including phenoxy) is 1. The van der Waals surface area contributed by atoms with E-state index < -0.39 is 16.1 Å². The SMILES string of the molecule is COC(=O)CC1C(=O)C([Si](C)(C)C)=C2CCCC([Si](C)(C)C)=C21. The van der Waals surface area contributed by atoms with E-state index in [2.05, 4.69) is 39.3 Å². The largest absolute Gasteiger partial charge is 0.469 e. The zero-order valence-corrected chi connectivity index (χ0v) is 17.6. The van der Waals surface area contributed by atoms with E-state index in [4.69, 9.17) is 4.74 Å². The van der Waals surface area contributed by atoms with Crippen LogP contribution in [0.1, 0.15) is 25.7 Å². The van der Waals surface area contributed by atoms with Gasteiger partial charge in [-0.3, -0.25) is 9.59 Å². The van der Waals surface area contributed by atoms with Gasteiger partial charge in [0.05, 0.1) is 35.6 Å². The van der Waals surface area contributed by atoms with Crippen molar-refractivity contribution in [2.45, 2.75) is 65.0 Å². The van der Waals surface area contributed by atoms with Crippen molar-refractivity contribution in [2.75, 3.05) is 7.11 Å². The Balaban J connectivity index is 2.66. The number of ketones is 1. The number of rotatable bonds is 4. The number of esters is 1. The number of Topliss-reactive ketones (excluding diaryl/α,β-unsaturated/α-hetero) is 1. The Morgan fingerprint density at radius 2 is 1.70 bits per heavy atom. The van der Waals surface area contributed by atoms with Crippen LogP contribution < -0.4 is 0 Å². The molecule has 0 fully saturated rings. The molecule has 23 heavy (non-hydrogen) atoms. The third-order valence-electron chi connectivity index (χ3n) is 4.97. The standard InChI is InChI=1S/C18H30O3Si2/c1-21-15(19)11-13-16-12(18(17(13)20)23(5,6)7)9-8-10-14(16)22(2,3)4/h13H,8-11H2,1-7H3. The fourth-order valence-electron chi connectivity index (χ4n) is 4.07. The molecular weight excluding hydrogens is 320 g/mol. The van der Waals surface area contributed by atoms with Gasteiger partial charge in [-0.15, -0.1) is 0 Å². The summed E-state index contributed by atoms with van der Waals surface area (Å²) >= 11 is 0. The van der Waals surface area contributed by atoms with Crippen LogP contribution in [0.4, 0.5) is 0 Å². The van der Waals surface area contributed by atoms with Gasteiger partial charge >= 0.3 is 5.97 Å². The van der Waals surface area contributed by atoms with Crippen LogP contribution in [-0.2, 0) is 14.3 Å². The lowest BCUT2D eigenvalue weighted by molar-refractivity contribution is -0.142. The Morgan fingerprint density at radius 1 is 1.09 bits per heavy atom. The summed E-state index contributed by atoms with van der Waals surface area (Å²) in [5, 5.41) is 2.60. The van der Waals surface area contributed by atoms with Gasteiger partial charge in [-0.25, -0.2) is 0 Å². The smallest absolute Gasteiger partial charge is 0.306 e. The van der Waals surface area contributed by atoms with Crippen LogP contribution in [-0.4, -0.2) is 35.0 Å². The molecule has 2 aliphatic rings. The molecule has 0 aliphatic heterocycles. The Bertz CT molecular complexity index is 601. The van der Waals surface area contributed by atoms with E-state index in [1.807, 2.05) is 0 Å². The average Bonchev–Trinajstić information content (AvgIpc) is 2.69. The van der Waals surface area contributed by atoms with Gasteiger partial charge in [0.2, 0.25) is 0 Å². The molecule has 0 radical (unpaired) electrons. The van der Waals surface area contributed by atoms with Gasteiger partial charge in [-0.1, -0.05) is 44.5 Å². The molecule has 1 unspecified atom stereocenters. The maximum Gasteiger partial charge on any atom is 0.306 e. The maximum atomic E-state index is 13.2. The van der Waals surface area contributed by atoms with Crippen molar-refractivity contribution in [3.63, 3.8) is 0 Å². The van der Waals surface area contributed by atoms with E-state index in [1.165, 1.54) is 23.5 Å². The molecule has 0 N–H and O–H groups in total. The van der Waals surface area contributed by atoms with Crippen molar-refractivity contribution in [3.05, 3.63) is 21.5 Å². The van der Waals surface area contributed by atoms with E-state index in [-0.39, 0.29) is 24.1 Å². The van der Waals surface area contributed by atoms with Gasteiger partial charge in [-0.05, 0) is 35.6 Å². The molecule has 0 bridgehead atoms. The highest BCUT2D eigenvalue weighted by Gasteiger charge is 2.46. The van der Waals surface area contributed by atoms with Gasteiger partial charge in [0, 0.05) is 0 Å². The van der Waals surface area contributed by atoms with Crippen molar-refractivity contribution in [1.82, 2.24) is 0 Å². The summed E-state index contributed by atoms with van der Waals surface area (Å²) in [5.74, 6) is -0.328. The summed E-state index contributed by atoms with van der Waals surface area (Å²) in [4.78, 5) is 25.1. The van der Waals surface area contributed by atoms with E-state index in [9.17, 15) is 9.59 Å². The highest BCUT2D eigenvalue weighted by atomic mass is 28.3. The van der Waals surface area contributed by atoms with Crippen LogP contribution in [0, 0.1) is 5.92 Å². The highest BCUT2D eigenvalue weighted by molar-refractivity contribution is 6.88. The van der Waals surface area contributed by atoms with E-state index >= 15 is 0 Å². The maximum absolute atomic E-state index is 13.2. The molecule has 0 aromatic rings. The van der Waals surface area contributed by atoms with Crippen LogP contribution >= 0.6 is 0 Å². The lowest BCUT2D eigenvalue weighted by Crippen LogP contribution is -2.31. The minimum Gasteiger partial charge on any atom is -0.469 e. The predicted octanol–water partition coefficient (Wildman–Crippen LogP) is 4.28. The van der Waals surface area contributed by atoms with Crippen molar-refractivity contribution in [1.29, 1.82) is 0 Å². The molecule has 0 saturated heterocycles. The lowest BCUT2D eigenvalue weighted by Gasteiger charge is -2.31. The molecule has 3 nitrogen and oxygen atoms in total. The number of carbonyl (C=O) groups is 2. The second kappa shape index (κ2) is 6.17. The zero-order chi connectivity index (χ0) is 17.6. The van der Waals surface area contributed by atoms with Crippen molar-refractivity contribution < 1.29 is 14.3 Å². The summed E-state index contributed by atoms with van der Waals surface area (Å²) < 4.78 is 4.87. The number of hydrogen-bond donors (Lipinski definition) is 0. The molecule has 1 atom stereocenters. The fraction of sp³-hybridized carbons (Fsp3) is 0.667. The van der Waals surface area contributed by atoms with E-state index in [0.29, 0.717) is 0 Å². The highest BCUT2D eigenvalue weighted by Crippen LogP contribution is 2.48. The third kappa shape index (κ3) is 3.45. The first-order chi connectivity index (χ1) is 10.5. The fourth-order valence-corrected chi connectivity index (χ4v) is 8.21. The van der Waals surface area contributed by atoms with Gasteiger partial charge in [0.25, 0.3) is 0 Å². The van der Waals surface area contributed by atoms with E-state index in [1.54, 1.807) is 0 Å². The van der Waals surface area contributed by atoms with Crippen LogP contribution in [0.15, 0.2) is 21.5 Å². The number of fused-ring (bicyclic) bond motifs is 1. The lowest BCUT2D eigenvalue weighted by atomic mass is 9.87. The molecule has 128 valence electrons. The Morgan fingerprint density at radius 3 is 2.17 bits per heavy atom. The van der Waals surface area contributed by atoms with Crippen molar-refractivity contribution in [3.8, 4) is 0 Å². The molecule has 0 heterocycles. The predicted molar refractivity (Wildman–Crippen MR) is 99.7 cm³/mol. The number of methoxy groups -OCH3 is 1. The quantitative estimate of drug-likeness (QED) is 0.561. The van der Waals surface area contributed by atoms with Crippen LogP contribution in [0.5, 0.6) is 0 Å². The van der Waals surface area contributed by atoms with Gasteiger partial charge in [0.1, 0.15) is 0 Å². The van der Waals surface area contributed by atoms with Crippen LogP contribution in [0.25, 0.3) is 0 Å². The Labute approximate surface area is 142 Å². The summed E-state index contributed by atoms with van der Waals surface area (Å²) in [5.41, 5.74) is 2.56. The summed E-state index contributed by atoms with van der Waals surface area (Å²) in [7, 11) is -1.83. The molecule has 2 aliphatic carbocycles. The monoisotopic (exact) mass is 350 g/mol. The van der Waals surface area contributed by atoms with Crippen LogP contribution in [0.3, 0.4) is 0 Å². The Kier molecular flexibility index (Phi) is 4.93. The summed E-state index contributed by atoms with van der Waals surface area (Å²) in [6.45, 7) is 13.8. The third-order valence-corrected chi connectivity index (χ3v) is 9.35. The van der Waals surface area contributed by atoms with Gasteiger partial charge in [0.15, 0.2) is 5.78 Å². The zero-order valence-electron chi connectivity index (χ0n) is 15.6. The topological polar surface area (TPSA) is 43.4 Å². The first-order valence-electron chi connectivity index (χ1n) is 8.57. The number of allylic oxidation sites excluding steroid dienone is 4.